The Kier molecular flexibility index (Phi) is 5.76. The molecule has 2 amide bonds. The van der Waals surface area contributed by atoms with Crippen LogP contribution in [0.1, 0.15) is 46.8 Å². The minimum atomic E-state index is -0.196. The third kappa shape index (κ3) is 4.04. The third-order valence-corrected chi connectivity index (χ3v) is 6.45. The number of thiophene rings is 1. The number of ether oxygens (including phenoxy) is 1. The first-order valence-electron chi connectivity index (χ1n) is 9.06. The molecule has 6 nitrogen and oxygen atoms in total. The Labute approximate surface area is 152 Å². The summed E-state index contributed by atoms with van der Waals surface area (Å²) >= 11 is 1.58. The van der Waals surface area contributed by atoms with Gasteiger partial charge in [-0.1, -0.05) is 6.92 Å². The quantitative estimate of drug-likeness (QED) is 0.776. The number of nitrogens with zero attached hydrogens (tertiary/aromatic N) is 1. The van der Waals surface area contributed by atoms with E-state index in [1.807, 2.05) is 6.07 Å². The summed E-state index contributed by atoms with van der Waals surface area (Å²) in [7, 11) is 0. The predicted molar refractivity (Wildman–Crippen MR) is 98.0 cm³/mol. The highest BCUT2D eigenvalue weighted by Crippen LogP contribution is 2.45. The number of amides is 2. The van der Waals surface area contributed by atoms with Gasteiger partial charge < -0.3 is 20.3 Å². The zero-order chi connectivity index (χ0) is 17.9. The van der Waals surface area contributed by atoms with E-state index in [0.29, 0.717) is 13.1 Å². The molecule has 3 rings (SSSR count). The lowest BCUT2D eigenvalue weighted by molar-refractivity contribution is -0.118. The van der Waals surface area contributed by atoms with Crippen LogP contribution in [0.4, 0.5) is 0 Å². The molecule has 0 saturated carbocycles. The molecule has 1 fully saturated rings. The van der Waals surface area contributed by atoms with Crippen molar-refractivity contribution in [3.8, 4) is 0 Å². The van der Waals surface area contributed by atoms with Crippen LogP contribution in [0.15, 0.2) is 6.07 Å². The molecule has 1 aromatic heterocycles. The SMILES string of the molecule is CCN1CCC2(CC1)OCCc1cc(C(=O)NCCNC(C)=O)sc12. The molecule has 2 aliphatic heterocycles. The molecular weight excluding hydrogens is 338 g/mol. The van der Waals surface area contributed by atoms with Crippen LogP contribution in [-0.4, -0.2) is 56.0 Å². The number of hydrogen-bond acceptors (Lipinski definition) is 5. The number of piperidine rings is 1. The van der Waals surface area contributed by atoms with E-state index in [4.69, 9.17) is 4.74 Å². The van der Waals surface area contributed by atoms with Crippen molar-refractivity contribution in [2.45, 2.75) is 38.7 Å². The zero-order valence-electron chi connectivity index (χ0n) is 15.0. The van der Waals surface area contributed by atoms with Crippen molar-refractivity contribution < 1.29 is 14.3 Å². The summed E-state index contributed by atoms with van der Waals surface area (Å²) < 4.78 is 6.25. The van der Waals surface area contributed by atoms with E-state index in [0.717, 1.165) is 50.4 Å². The van der Waals surface area contributed by atoms with E-state index >= 15 is 0 Å². The molecule has 2 aliphatic rings. The smallest absolute Gasteiger partial charge is 0.261 e. The summed E-state index contributed by atoms with van der Waals surface area (Å²) in [5, 5.41) is 5.56. The average molecular weight is 365 g/mol. The third-order valence-electron chi connectivity index (χ3n) is 5.09. The zero-order valence-corrected chi connectivity index (χ0v) is 15.8. The lowest BCUT2D eigenvalue weighted by Crippen LogP contribution is -2.45. The van der Waals surface area contributed by atoms with Gasteiger partial charge in [0.25, 0.3) is 5.91 Å². The summed E-state index contributed by atoms with van der Waals surface area (Å²) in [6.07, 6.45) is 2.88. The van der Waals surface area contributed by atoms with Gasteiger partial charge in [0, 0.05) is 38.0 Å². The van der Waals surface area contributed by atoms with Gasteiger partial charge in [0.2, 0.25) is 5.91 Å². The maximum atomic E-state index is 12.4. The minimum Gasteiger partial charge on any atom is -0.369 e. The van der Waals surface area contributed by atoms with Gasteiger partial charge in [-0.2, -0.15) is 0 Å². The summed E-state index contributed by atoms with van der Waals surface area (Å²) in [6, 6.07) is 2.03. The number of hydrogen-bond donors (Lipinski definition) is 2. The van der Waals surface area contributed by atoms with Gasteiger partial charge in [-0.25, -0.2) is 0 Å². The number of carbonyl (C=O) groups is 2. The molecule has 138 valence electrons. The normalized spacial score (nSPS) is 19.4. The van der Waals surface area contributed by atoms with Crippen LogP contribution in [0.3, 0.4) is 0 Å². The molecule has 7 heteroatoms. The van der Waals surface area contributed by atoms with Crippen molar-refractivity contribution >= 4 is 23.2 Å². The number of fused-ring (bicyclic) bond motifs is 2. The molecule has 2 N–H and O–H groups in total. The fourth-order valence-electron chi connectivity index (χ4n) is 3.64. The largest absolute Gasteiger partial charge is 0.369 e. The van der Waals surface area contributed by atoms with Gasteiger partial charge >= 0.3 is 0 Å². The highest BCUT2D eigenvalue weighted by atomic mass is 32.1. The fraction of sp³-hybridized carbons (Fsp3) is 0.667. The first kappa shape index (κ1) is 18.4. The summed E-state index contributed by atoms with van der Waals surface area (Å²) in [4.78, 5) is 27.7. The molecular formula is C18H27N3O3S. The Morgan fingerprint density at radius 1 is 1.28 bits per heavy atom. The molecule has 25 heavy (non-hydrogen) atoms. The Hall–Kier alpha value is -1.44. The molecule has 0 unspecified atom stereocenters. The molecule has 0 radical (unpaired) electrons. The van der Waals surface area contributed by atoms with Crippen molar-refractivity contribution in [3.05, 3.63) is 21.4 Å². The van der Waals surface area contributed by atoms with Crippen LogP contribution >= 0.6 is 11.3 Å². The van der Waals surface area contributed by atoms with E-state index < -0.39 is 0 Å². The van der Waals surface area contributed by atoms with Crippen molar-refractivity contribution in [2.24, 2.45) is 0 Å². The maximum Gasteiger partial charge on any atom is 0.261 e. The van der Waals surface area contributed by atoms with Crippen LogP contribution in [0.5, 0.6) is 0 Å². The number of nitrogens with one attached hydrogen (secondary N) is 2. The predicted octanol–water partition coefficient (Wildman–Crippen LogP) is 1.50. The fourth-order valence-corrected chi connectivity index (χ4v) is 4.96. The van der Waals surface area contributed by atoms with Gasteiger partial charge in [-0.05, 0) is 37.4 Å². The standard InChI is InChI=1S/C18H27N3O3S/c1-3-21-9-5-18(6-10-21)16-14(4-11-24-18)12-15(25-16)17(23)20-8-7-19-13(2)22/h12H,3-11H2,1-2H3,(H,19,22)(H,20,23). The molecule has 0 bridgehead atoms. The second kappa shape index (κ2) is 7.85. The molecule has 1 aromatic rings. The summed E-state index contributed by atoms with van der Waals surface area (Å²) in [5.74, 6) is -0.149. The number of rotatable bonds is 5. The number of carbonyl (C=O) groups excluding carboxylic acids is 2. The topological polar surface area (TPSA) is 70.7 Å². The Morgan fingerprint density at radius 3 is 2.68 bits per heavy atom. The van der Waals surface area contributed by atoms with Crippen molar-refractivity contribution in [2.75, 3.05) is 39.3 Å². The first-order chi connectivity index (χ1) is 12.0. The van der Waals surface area contributed by atoms with E-state index in [1.54, 1.807) is 11.3 Å². The Balaban J connectivity index is 1.67. The molecule has 0 aliphatic carbocycles. The van der Waals surface area contributed by atoms with Crippen molar-refractivity contribution in [1.82, 2.24) is 15.5 Å². The molecule has 3 heterocycles. The monoisotopic (exact) mass is 365 g/mol. The van der Waals surface area contributed by atoms with E-state index in [9.17, 15) is 9.59 Å². The van der Waals surface area contributed by atoms with Gasteiger partial charge in [-0.15, -0.1) is 11.3 Å². The highest BCUT2D eigenvalue weighted by Gasteiger charge is 2.42. The minimum absolute atomic E-state index is 0.0640. The van der Waals surface area contributed by atoms with Gasteiger partial charge in [0.15, 0.2) is 0 Å². The van der Waals surface area contributed by atoms with Gasteiger partial charge in [-0.3, -0.25) is 9.59 Å². The van der Waals surface area contributed by atoms with Gasteiger partial charge in [0.1, 0.15) is 5.60 Å². The van der Waals surface area contributed by atoms with E-state index in [2.05, 4.69) is 22.5 Å². The summed E-state index contributed by atoms with van der Waals surface area (Å²) in [5.41, 5.74) is 1.08. The van der Waals surface area contributed by atoms with Gasteiger partial charge in [0.05, 0.1) is 11.5 Å². The lowest BCUT2D eigenvalue weighted by Gasteiger charge is -2.43. The first-order valence-corrected chi connectivity index (χ1v) is 9.88. The molecule has 1 spiro atoms. The molecule has 0 aromatic carbocycles. The Morgan fingerprint density at radius 2 is 2.00 bits per heavy atom. The van der Waals surface area contributed by atoms with Crippen molar-refractivity contribution in [3.63, 3.8) is 0 Å². The van der Waals surface area contributed by atoms with Crippen LogP contribution in [0.2, 0.25) is 0 Å². The second-order valence-corrected chi connectivity index (χ2v) is 7.78. The maximum absolute atomic E-state index is 12.4. The highest BCUT2D eigenvalue weighted by molar-refractivity contribution is 7.14. The van der Waals surface area contributed by atoms with Crippen LogP contribution < -0.4 is 10.6 Å². The van der Waals surface area contributed by atoms with Crippen LogP contribution in [0.25, 0.3) is 0 Å². The molecule has 1 saturated heterocycles. The average Bonchev–Trinajstić information content (AvgIpc) is 3.05. The van der Waals surface area contributed by atoms with Crippen LogP contribution in [-0.2, 0) is 21.6 Å². The summed E-state index contributed by atoms with van der Waals surface area (Å²) in [6.45, 7) is 8.46. The lowest BCUT2D eigenvalue weighted by atomic mass is 9.85. The van der Waals surface area contributed by atoms with Crippen molar-refractivity contribution in [1.29, 1.82) is 0 Å². The number of likely N-dealkylation sites (tertiary alicyclic amines) is 1. The Bertz CT molecular complexity index is 636. The van der Waals surface area contributed by atoms with Crippen LogP contribution in [0, 0.1) is 0 Å². The second-order valence-electron chi connectivity index (χ2n) is 6.73. The van der Waals surface area contributed by atoms with E-state index in [1.165, 1.54) is 17.4 Å². The van der Waals surface area contributed by atoms with E-state index in [-0.39, 0.29) is 17.4 Å². The molecule has 0 atom stereocenters.